The number of aryl methyl sites for hydroxylation is 1. The van der Waals surface area contributed by atoms with E-state index in [1.54, 1.807) is 11.3 Å². The van der Waals surface area contributed by atoms with Crippen LogP contribution in [0.4, 0.5) is 5.13 Å². The third-order valence-corrected chi connectivity index (χ3v) is 6.07. The van der Waals surface area contributed by atoms with Gasteiger partial charge < -0.3 is 15.2 Å². The number of thiazole rings is 1. The lowest BCUT2D eigenvalue weighted by Gasteiger charge is -2.26. The fourth-order valence-corrected chi connectivity index (χ4v) is 4.73. The van der Waals surface area contributed by atoms with Crippen molar-refractivity contribution in [2.24, 2.45) is 0 Å². The number of hydrogen-bond acceptors (Lipinski definition) is 5. The average molecular weight is 349 g/mol. The molecule has 5 rings (SSSR count). The molecule has 3 aromatic heterocycles. The first kappa shape index (κ1) is 14.9. The van der Waals surface area contributed by atoms with Gasteiger partial charge in [-0.1, -0.05) is 29.5 Å². The molecular weight excluding hydrogens is 330 g/mol. The largest absolute Gasteiger partial charge is 0.346 e. The van der Waals surface area contributed by atoms with Crippen molar-refractivity contribution in [3.8, 4) is 10.4 Å². The number of para-hydroxylation sites is 1. The molecule has 4 aromatic rings. The Morgan fingerprint density at radius 2 is 1.96 bits per heavy atom. The van der Waals surface area contributed by atoms with Gasteiger partial charge in [-0.15, -0.1) is 0 Å². The topological polar surface area (TPSA) is 56.8 Å². The number of H-pyrrole nitrogens is 1. The van der Waals surface area contributed by atoms with Gasteiger partial charge in [0, 0.05) is 54.2 Å². The minimum atomic E-state index is 0.940. The Bertz CT molecular complexity index is 1060. The van der Waals surface area contributed by atoms with Crippen LogP contribution in [0.5, 0.6) is 0 Å². The quantitative estimate of drug-likeness (QED) is 0.581. The smallest absolute Gasteiger partial charge is 0.186 e. The molecule has 0 radical (unpaired) electrons. The standard InChI is InChI=1S/C19H19N5S/c1-12-17(25-19(22-12)24-10-8-20-9-11-24)14-6-7-21-18-16(14)13-4-2-3-5-15(13)23-18/h2-7,20H,8-11H2,1H3,(H,21,23). The highest BCUT2D eigenvalue weighted by atomic mass is 32.1. The fourth-order valence-electron chi connectivity index (χ4n) is 3.58. The van der Waals surface area contributed by atoms with Gasteiger partial charge in [-0.25, -0.2) is 9.97 Å². The van der Waals surface area contributed by atoms with Crippen LogP contribution < -0.4 is 10.2 Å². The lowest BCUT2D eigenvalue weighted by molar-refractivity contribution is 0.588. The van der Waals surface area contributed by atoms with Gasteiger partial charge in [0.15, 0.2) is 5.13 Å². The molecule has 4 heterocycles. The summed E-state index contributed by atoms with van der Waals surface area (Å²) in [5.74, 6) is 0. The van der Waals surface area contributed by atoms with Crippen molar-refractivity contribution in [1.29, 1.82) is 0 Å². The lowest BCUT2D eigenvalue weighted by atomic mass is 10.1. The van der Waals surface area contributed by atoms with E-state index in [-0.39, 0.29) is 0 Å². The van der Waals surface area contributed by atoms with E-state index < -0.39 is 0 Å². The van der Waals surface area contributed by atoms with Crippen LogP contribution in [0.3, 0.4) is 0 Å². The van der Waals surface area contributed by atoms with E-state index in [0.717, 1.165) is 48.2 Å². The molecule has 1 aromatic carbocycles. The monoisotopic (exact) mass is 349 g/mol. The molecule has 5 nitrogen and oxygen atoms in total. The zero-order valence-corrected chi connectivity index (χ0v) is 14.9. The van der Waals surface area contributed by atoms with E-state index in [0.29, 0.717) is 0 Å². The second-order valence-electron chi connectivity index (χ2n) is 6.40. The van der Waals surface area contributed by atoms with Crippen LogP contribution >= 0.6 is 11.3 Å². The van der Waals surface area contributed by atoms with E-state index in [9.17, 15) is 0 Å². The van der Waals surface area contributed by atoms with Gasteiger partial charge in [0.1, 0.15) is 5.65 Å². The fraction of sp³-hybridized carbons (Fsp3) is 0.263. The first-order chi connectivity index (χ1) is 12.3. The molecule has 0 bridgehead atoms. The van der Waals surface area contributed by atoms with E-state index >= 15 is 0 Å². The van der Waals surface area contributed by atoms with Crippen LogP contribution in [0.2, 0.25) is 0 Å². The number of piperazine rings is 1. The summed E-state index contributed by atoms with van der Waals surface area (Å²) >= 11 is 1.79. The SMILES string of the molecule is Cc1nc(N2CCNCC2)sc1-c1ccnc2[nH]c3ccccc3c12. The second kappa shape index (κ2) is 5.82. The van der Waals surface area contributed by atoms with Gasteiger partial charge in [-0.2, -0.15) is 0 Å². The number of nitrogens with one attached hydrogen (secondary N) is 2. The molecule has 1 fully saturated rings. The maximum Gasteiger partial charge on any atom is 0.186 e. The summed E-state index contributed by atoms with van der Waals surface area (Å²) in [6, 6.07) is 10.5. The highest BCUT2D eigenvalue weighted by molar-refractivity contribution is 7.19. The third kappa shape index (κ3) is 2.41. The molecule has 0 unspecified atom stereocenters. The molecular formula is C19H19N5S. The minimum Gasteiger partial charge on any atom is -0.346 e. The number of pyridine rings is 1. The molecule has 126 valence electrons. The van der Waals surface area contributed by atoms with Crippen LogP contribution in [0.15, 0.2) is 36.5 Å². The zero-order chi connectivity index (χ0) is 16.8. The average Bonchev–Trinajstić information content (AvgIpc) is 3.23. The maximum atomic E-state index is 4.87. The van der Waals surface area contributed by atoms with Crippen molar-refractivity contribution in [1.82, 2.24) is 20.3 Å². The highest BCUT2D eigenvalue weighted by Crippen LogP contribution is 2.40. The van der Waals surface area contributed by atoms with Gasteiger partial charge in [0.25, 0.3) is 0 Å². The van der Waals surface area contributed by atoms with Crippen molar-refractivity contribution >= 4 is 38.4 Å². The molecule has 0 spiro atoms. The molecule has 1 aliphatic rings. The number of fused-ring (bicyclic) bond motifs is 3. The van der Waals surface area contributed by atoms with Crippen LogP contribution in [-0.2, 0) is 0 Å². The lowest BCUT2D eigenvalue weighted by Crippen LogP contribution is -2.43. The first-order valence-corrected chi connectivity index (χ1v) is 9.42. The summed E-state index contributed by atoms with van der Waals surface area (Å²) in [6.45, 7) is 6.20. The number of anilines is 1. The van der Waals surface area contributed by atoms with Crippen LogP contribution in [-0.4, -0.2) is 41.1 Å². The molecule has 1 aliphatic heterocycles. The van der Waals surface area contributed by atoms with Crippen LogP contribution in [0.25, 0.3) is 32.4 Å². The molecule has 0 atom stereocenters. The molecule has 0 saturated carbocycles. The van der Waals surface area contributed by atoms with Crippen molar-refractivity contribution in [3.63, 3.8) is 0 Å². The predicted octanol–water partition coefficient (Wildman–Crippen LogP) is 3.56. The van der Waals surface area contributed by atoms with Crippen molar-refractivity contribution < 1.29 is 0 Å². The molecule has 25 heavy (non-hydrogen) atoms. The number of rotatable bonds is 2. The van der Waals surface area contributed by atoms with E-state index in [2.05, 4.69) is 57.4 Å². The Morgan fingerprint density at radius 3 is 2.84 bits per heavy atom. The summed E-state index contributed by atoms with van der Waals surface area (Å²) < 4.78 is 0. The molecule has 0 aliphatic carbocycles. The number of nitrogens with zero attached hydrogens (tertiary/aromatic N) is 3. The van der Waals surface area contributed by atoms with Crippen molar-refractivity contribution in [3.05, 3.63) is 42.2 Å². The summed E-state index contributed by atoms with van der Waals surface area (Å²) in [5, 5.41) is 6.94. The zero-order valence-electron chi connectivity index (χ0n) is 14.0. The van der Waals surface area contributed by atoms with E-state index in [1.807, 2.05) is 6.20 Å². The third-order valence-electron chi connectivity index (χ3n) is 4.82. The second-order valence-corrected chi connectivity index (χ2v) is 7.38. The Kier molecular flexibility index (Phi) is 3.46. The number of benzene rings is 1. The normalized spacial score (nSPS) is 15.3. The van der Waals surface area contributed by atoms with Gasteiger partial charge in [0.2, 0.25) is 0 Å². The van der Waals surface area contributed by atoms with Crippen molar-refractivity contribution in [2.45, 2.75) is 6.92 Å². The van der Waals surface area contributed by atoms with Crippen molar-refractivity contribution in [2.75, 3.05) is 31.1 Å². The molecule has 2 N–H and O–H groups in total. The van der Waals surface area contributed by atoms with Gasteiger partial charge >= 0.3 is 0 Å². The predicted molar refractivity (Wildman–Crippen MR) is 105 cm³/mol. The van der Waals surface area contributed by atoms with E-state index in [1.165, 1.54) is 21.2 Å². The Hall–Kier alpha value is -2.44. The number of aromatic nitrogens is 3. The minimum absolute atomic E-state index is 0.940. The molecule has 0 amide bonds. The van der Waals surface area contributed by atoms with Gasteiger partial charge in [-0.3, -0.25) is 0 Å². The summed E-state index contributed by atoms with van der Waals surface area (Å²) in [5.41, 5.74) is 4.38. The van der Waals surface area contributed by atoms with Crippen LogP contribution in [0, 0.1) is 6.92 Å². The first-order valence-electron chi connectivity index (χ1n) is 8.60. The van der Waals surface area contributed by atoms with Gasteiger partial charge in [-0.05, 0) is 19.1 Å². The summed E-state index contributed by atoms with van der Waals surface area (Å²) in [6.07, 6.45) is 1.89. The number of aromatic amines is 1. The maximum absolute atomic E-state index is 4.87. The Labute approximate surface area is 149 Å². The molecule has 6 heteroatoms. The highest BCUT2D eigenvalue weighted by Gasteiger charge is 2.19. The summed E-state index contributed by atoms with van der Waals surface area (Å²) in [7, 11) is 0. The molecule has 1 saturated heterocycles. The Balaban J connectivity index is 1.69. The number of hydrogen-bond donors (Lipinski definition) is 2. The Morgan fingerprint density at radius 1 is 1.12 bits per heavy atom. The van der Waals surface area contributed by atoms with E-state index in [4.69, 9.17) is 4.98 Å². The summed E-state index contributed by atoms with van der Waals surface area (Å²) in [4.78, 5) is 16.5. The van der Waals surface area contributed by atoms with Crippen LogP contribution in [0.1, 0.15) is 5.69 Å². The van der Waals surface area contributed by atoms with Gasteiger partial charge in [0.05, 0.1) is 10.6 Å².